The zero-order valence-corrected chi connectivity index (χ0v) is 11.2. The molecule has 0 aromatic carbocycles. The number of carbonyl (C=O) groups excluding carboxylic acids is 1. The van der Waals surface area contributed by atoms with Crippen LogP contribution >= 0.6 is 0 Å². The average Bonchev–Trinajstić information content (AvgIpc) is 2.29. The van der Waals surface area contributed by atoms with E-state index < -0.39 is 0 Å². The molecule has 0 aromatic rings. The molecule has 2 unspecified atom stereocenters. The van der Waals surface area contributed by atoms with Crippen LogP contribution in [-0.4, -0.2) is 43.0 Å². The van der Waals surface area contributed by atoms with Crippen LogP contribution in [0.1, 0.15) is 39.5 Å². The Bertz CT molecular complexity index is 231. The van der Waals surface area contributed by atoms with Crippen molar-refractivity contribution in [2.45, 2.75) is 45.6 Å². The summed E-state index contributed by atoms with van der Waals surface area (Å²) in [7, 11) is 0. The summed E-state index contributed by atoms with van der Waals surface area (Å²) in [5, 5.41) is 2.96. The number of hydrogen-bond acceptors (Lipinski definition) is 3. The van der Waals surface area contributed by atoms with Gasteiger partial charge in [0.05, 0.1) is 6.54 Å². The van der Waals surface area contributed by atoms with Gasteiger partial charge in [0.2, 0.25) is 5.91 Å². The first-order chi connectivity index (χ1) is 8.13. The lowest BCUT2D eigenvalue weighted by Crippen LogP contribution is -2.46. The number of nitrogens with two attached hydrogens (primary N) is 1. The lowest BCUT2D eigenvalue weighted by Gasteiger charge is -2.34. The third-order valence-electron chi connectivity index (χ3n) is 3.51. The van der Waals surface area contributed by atoms with Crippen LogP contribution in [0.2, 0.25) is 0 Å². The van der Waals surface area contributed by atoms with Crippen LogP contribution in [0.25, 0.3) is 0 Å². The van der Waals surface area contributed by atoms with E-state index in [1.807, 2.05) is 0 Å². The molecule has 0 aromatic heterocycles. The molecule has 17 heavy (non-hydrogen) atoms. The van der Waals surface area contributed by atoms with Crippen LogP contribution in [0.5, 0.6) is 0 Å². The first-order valence-electron chi connectivity index (χ1n) is 6.88. The summed E-state index contributed by atoms with van der Waals surface area (Å²) in [5.41, 5.74) is 5.93. The Morgan fingerprint density at radius 3 is 3.00 bits per heavy atom. The summed E-state index contributed by atoms with van der Waals surface area (Å²) in [6.45, 7) is 7.54. The quantitative estimate of drug-likeness (QED) is 0.681. The monoisotopic (exact) mass is 241 g/mol. The SMILES string of the molecule is CCCCNC(=O)CN1CCCC(C(C)N)C1. The summed E-state index contributed by atoms with van der Waals surface area (Å²) in [5.74, 6) is 0.705. The van der Waals surface area contributed by atoms with E-state index in [0.717, 1.165) is 38.9 Å². The molecule has 1 fully saturated rings. The lowest BCUT2D eigenvalue weighted by molar-refractivity contribution is -0.122. The molecule has 1 aliphatic heterocycles. The van der Waals surface area contributed by atoms with Gasteiger partial charge in [0, 0.05) is 19.1 Å². The van der Waals surface area contributed by atoms with Crippen LogP contribution in [0, 0.1) is 5.92 Å². The Morgan fingerprint density at radius 1 is 1.59 bits per heavy atom. The van der Waals surface area contributed by atoms with Crippen molar-refractivity contribution < 1.29 is 4.79 Å². The van der Waals surface area contributed by atoms with E-state index in [1.54, 1.807) is 0 Å². The van der Waals surface area contributed by atoms with Gasteiger partial charge >= 0.3 is 0 Å². The largest absolute Gasteiger partial charge is 0.355 e. The fraction of sp³-hybridized carbons (Fsp3) is 0.923. The van der Waals surface area contributed by atoms with Gasteiger partial charge in [0.1, 0.15) is 0 Å². The third kappa shape index (κ3) is 5.50. The maximum absolute atomic E-state index is 11.7. The second-order valence-electron chi connectivity index (χ2n) is 5.20. The summed E-state index contributed by atoms with van der Waals surface area (Å²) >= 11 is 0. The van der Waals surface area contributed by atoms with E-state index in [9.17, 15) is 4.79 Å². The minimum absolute atomic E-state index is 0.156. The van der Waals surface area contributed by atoms with Crippen molar-refractivity contribution in [1.29, 1.82) is 0 Å². The molecule has 100 valence electrons. The Balaban J connectivity index is 2.23. The Hall–Kier alpha value is -0.610. The third-order valence-corrected chi connectivity index (χ3v) is 3.51. The topological polar surface area (TPSA) is 58.4 Å². The molecule has 2 atom stereocenters. The van der Waals surface area contributed by atoms with Gasteiger partial charge < -0.3 is 11.1 Å². The summed E-state index contributed by atoms with van der Waals surface area (Å²) < 4.78 is 0. The molecule has 1 saturated heterocycles. The smallest absolute Gasteiger partial charge is 0.234 e. The molecule has 4 heteroatoms. The molecule has 1 amide bonds. The van der Waals surface area contributed by atoms with Gasteiger partial charge in [-0.3, -0.25) is 9.69 Å². The maximum atomic E-state index is 11.7. The molecule has 0 bridgehead atoms. The van der Waals surface area contributed by atoms with Crippen LogP contribution in [0.4, 0.5) is 0 Å². The van der Waals surface area contributed by atoms with Gasteiger partial charge in [-0.05, 0) is 38.6 Å². The predicted octanol–water partition coefficient (Wildman–Crippen LogP) is 0.962. The summed E-state index contributed by atoms with van der Waals surface area (Å²) in [6, 6.07) is 0.237. The number of nitrogens with zero attached hydrogens (tertiary/aromatic N) is 1. The minimum atomic E-state index is 0.156. The van der Waals surface area contributed by atoms with Gasteiger partial charge in [-0.15, -0.1) is 0 Å². The molecule has 1 rings (SSSR count). The van der Waals surface area contributed by atoms with E-state index in [2.05, 4.69) is 24.1 Å². The molecular formula is C13H27N3O. The van der Waals surface area contributed by atoms with Crippen molar-refractivity contribution in [3.63, 3.8) is 0 Å². The van der Waals surface area contributed by atoms with Crippen molar-refractivity contribution >= 4 is 5.91 Å². The highest BCUT2D eigenvalue weighted by Gasteiger charge is 2.23. The van der Waals surface area contributed by atoms with E-state index in [0.29, 0.717) is 12.5 Å². The number of rotatable bonds is 6. The van der Waals surface area contributed by atoms with Gasteiger partial charge in [0.25, 0.3) is 0 Å². The number of likely N-dealkylation sites (tertiary alicyclic amines) is 1. The van der Waals surface area contributed by atoms with Gasteiger partial charge in [-0.1, -0.05) is 13.3 Å². The fourth-order valence-corrected chi connectivity index (χ4v) is 2.33. The van der Waals surface area contributed by atoms with E-state index in [-0.39, 0.29) is 11.9 Å². The van der Waals surface area contributed by atoms with E-state index >= 15 is 0 Å². The Labute approximate surface area is 105 Å². The van der Waals surface area contributed by atoms with Crippen molar-refractivity contribution in [3.05, 3.63) is 0 Å². The van der Waals surface area contributed by atoms with Crippen LogP contribution in [-0.2, 0) is 4.79 Å². The van der Waals surface area contributed by atoms with Crippen LogP contribution < -0.4 is 11.1 Å². The number of unbranched alkanes of at least 4 members (excludes halogenated alkanes) is 1. The molecule has 1 heterocycles. The lowest BCUT2D eigenvalue weighted by atomic mass is 9.92. The van der Waals surface area contributed by atoms with E-state index in [4.69, 9.17) is 5.73 Å². The summed E-state index contributed by atoms with van der Waals surface area (Å²) in [6.07, 6.45) is 4.55. The van der Waals surface area contributed by atoms with Crippen LogP contribution in [0.3, 0.4) is 0 Å². The van der Waals surface area contributed by atoms with Gasteiger partial charge in [-0.25, -0.2) is 0 Å². The molecule has 0 radical (unpaired) electrons. The highest BCUT2D eigenvalue weighted by molar-refractivity contribution is 5.77. The maximum Gasteiger partial charge on any atom is 0.234 e. The first kappa shape index (κ1) is 14.5. The fourth-order valence-electron chi connectivity index (χ4n) is 2.33. The predicted molar refractivity (Wildman–Crippen MR) is 70.7 cm³/mol. The zero-order valence-electron chi connectivity index (χ0n) is 11.2. The van der Waals surface area contributed by atoms with Gasteiger partial charge in [-0.2, -0.15) is 0 Å². The Morgan fingerprint density at radius 2 is 2.35 bits per heavy atom. The highest BCUT2D eigenvalue weighted by atomic mass is 16.2. The van der Waals surface area contributed by atoms with Crippen molar-refractivity contribution in [1.82, 2.24) is 10.2 Å². The standard InChI is InChI=1S/C13H27N3O/c1-3-4-7-15-13(17)10-16-8-5-6-12(9-16)11(2)14/h11-12H,3-10,14H2,1-2H3,(H,15,17). The van der Waals surface area contributed by atoms with Gasteiger partial charge in [0.15, 0.2) is 0 Å². The van der Waals surface area contributed by atoms with Crippen molar-refractivity contribution in [2.75, 3.05) is 26.2 Å². The molecule has 4 nitrogen and oxygen atoms in total. The second kappa shape index (κ2) is 7.67. The Kier molecular flexibility index (Phi) is 6.52. The average molecular weight is 241 g/mol. The number of carbonyl (C=O) groups is 1. The molecule has 3 N–H and O–H groups in total. The summed E-state index contributed by atoms with van der Waals surface area (Å²) in [4.78, 5) is 13.9. The molecule has 1 aliphatic rings. The second-order valence-corrected chi connectivity index (χ2v) is 5.20. The first-order valence-corrected chi connectivity index (χ1v) is 6.88. The number of hydrogen-bond donors (Lipinski definition) is 2. The molecule has 0 aliphatic carbocycles. The number of amides is 1. The van der Waals surface area contributed by atoms with E-state index in [1.165, 1.54) is 6.42 Å². The minimum Gasteiger partial charge on any atom is -0.355 e. The molecular weight excluding hydrogens is 214 g/mol. The number of piperidine rings is 1. The highest BCUT2D eigenvalue weighted by Crippen LogP contribution is 2.18. The normalized spacial score (nSPS) is 23.4. The van der Waals surface area contributed by atoms with Crippen LogP contribution in [0.15, 0.2) is 0 Å². The molecule has 0 saturated carbocycles. The molecule has 0 spiro atoms. The zero-order chi connectivity index (χ0) is 12.7. The van der Waals surface area contributed by atoms with Crippen molar-refractivity contribution in [3.8, 4) is 0 Å². The van der Waals surface area contributed by atoms with Crippen molar-refractivity contribution in [2.24, 2.45) is 11.7 Å². The number of nitrogens with one attached hydrogen (secondary N) is 1.